The molecule has 0 aliphatic heterocycles. The molecule has 2 fully saturated rings. The normalized spacial score (nSPS) is 46.8. The second-order valence-corrected chi connectivity index (χ2v) is 9.12. The van der Waals surface area contributed by atoms with Gasteiger partial charge in [-0.1, -0.05) is 37.1 Å². The van der Waals surface area contributed by atoms with Crippen molar-refractivity contribution in [3.8, 4) is 0 Å². The quantitative estimate of drug-likeness (QED) is 0.746. The van der Waals surface area contributed by atoms with E-state index in [0.717, 1.165) is 19.3 Å². The second-order valence-electron chi connectivity index (χ2n) is 9.12. The van der Waals surface area contributed by atoms with Crippen LogP contribution in [0, 0.1) is 28.6 Å². The summed E-state index contributed by atoms with van der Waals surface area (Å²) in [5.41, 5.74) is 0.289. The Labute approximate surface area is 154 Å². The van der Waals surface area contributed by atoms with Crippen molar-refractivity contribution in [3.05, 3.63) is 35.5 Å². The van der Waals surface area contributed by atoms with E-state index in [2.05, 4.69) is 13.0 Å². The van der Waals surface area contributed by atoms with Gasteiger partial charge in [0.25, 0.3) is 0 Å². The summed E-state index contributed by atoms with van der Waals surface area (Å²) in [5.74, 6) is -0.0376. The van der Waals surface area contributed by atoms with Gasteiger partial charge in [0.1, 0.15) is 12.2 Å². The minimum absolute atomic E-state index is 0.0644. The van der Waals surface area contributed by atoms with E-state index in [9.17, 15) is 19.8 Å². The van der Waals surface area contributed by atoms with E-state index < -0.39 is 23.4 Å². The maximum Gasteiger partial charge on any atom is 0.190 e. The van der Waals surface area contributed by atoms with Crippen LogP contribution >= 0.6 is 0 Å². The average molecular weight is 356 g/mol. The van der Waals surface area contributed by atoms with Gasteiger partial charge in [-0.25, -0.2) is 0 Å². The summed E-state index contributed by atoms with van der Waals surface area (Å²) in [7, 11) is 0. The van der Waals surface area contributed by atoms with Crippen molar-refractivity contribution in [1.29, 1.82) is 0 Å². The van der Waals surface area contributed by atoms with Crippen LogP contribution in [-0.2, 0) is 9.59 Å². The van der Waals surface area contributed by atoms with Crippen LogP contribution in [0.25, 0.3) is 0 Å². The summed E-state index contributed by atoms with van der Waals surface area (Å²) in [6, 6.07) is 0. The van der Waals surface area contributed by atoms with E-state index in [4.69, 9.17) is 0 Å². The zero-order valence-electron chi connectivity index (χ0n) is 15.8. The van der Waals surface area contributed by atoms with Crippen LogP contribution < -0.4 is 0 Å². The first kappa shape index (κ1) is 17.9. The zero-order chi connectivity index (χ0) is 18.9. The number of hydrogen-bond acceptors (Lipinski definition) is 4. The lowest BCUT2D eigenvalue weighted by Crippen LogP contribution is -2.57. The summed E-state index contributed by atoms with van der Waals surface area (Å²) < 4.78 is 0. The Morgan fingerprint density at radius 3 is 2.77 bits per heavy atom. The fraction of sp³-hybridized carbons (Fsp3) is 0.636. The molecule has 6 atom stereocenters. The molecule has 0 saturated heterocycles. The van der Waals surface area contributed by atoms with Gasteiger partial charge >= 0.3 is 0 Å². The maximum atomic E-state index is 12.5. The molecule has 4 heteroatoms. The van der Waals surface area contributed by atoms with E-state index in [1.807, 2.05) is 19.9 Å². The molecule has 0 unspecified atom stereocenters. The van der Waals surface area contributed by atoms with Crippen molar-refractivity contribution in [2.45, 2.75) is 52.1 Å². The van der Waals surface area contributed by atoms with Crippen LogP contribution in [0.3, 0.4) is 0 Å². The molecule has 0 heterocycles. The molecule has 26 heavy (non-hydrogen) atoms. The minimum Gasteiger partial charge on any atom is -0.388 e. The lowest BCUT2D eigenvalue weighted by Gasteiger charge is -2.53. The molecule has 2 N–H and O–H groups in total. The molecule has 4 aliphatic carbocycles. The van der Waals surface area contributed by atoms with Crippen LogP contribution in [0.2, 0.25) is 0 Å². The summed E-state index contributed by atoms with van der Waals surface area (Å²) in [6.07, 6.45) is 10.9. The van der Waals surface area contributed by atoms with Crippen molar-refractivity contribution in [2.24, 2.45) is 28.6 Å². The van der Waals surface area contributed by atoms with Crippen LogP contribution in [0.1, 0.15) is 46.5 Å². The Morgan fingerprint density at radius 2 is 2.08 bits per heavy atom. The van der Waals surface area contributed by atoms with Gasteiger partial charge < -0.3 is 10.2 Å². The highest BCUT2D eigenvalue weighted by Crippen LogP contribution is 2.66. The van der Waals surface area contributed by atoms with Gasteiger partial charge in [0, 0.05) is 10.8 Å². The van der Waals surface area contributed by atoms with Gasteiger partial charge in [-0.2, -0.15) is 0 Å². The Hall–Kier alpha value is -1.52. The first-order valence-electron chi connectivity index (χ1n) is 9.70. The van der Waals surface area contributed by atoms with Crippen molar-refractivity contribution >= 4 is 11.6 Å². The third-order valence-corrected chi connectivity index (χ3v) is 8.10. The highest BCUT2D eigenvalue weighted by molar-refractivity contribution is 6.01. The Morgan fingerprint density at radius 1 is 1.35 bits per heavy atom. The maximum absolute atomic E-state index is 12.5. The van der Waals surface area contributed by atoms with Crippen molar-refractivity contribution < 1.29 is 19.8 Å². The fourth-order valence-corrected chi connectivity index (χ4v) is 6.58. The molecule has 0 aromatic carbocycles. The Balaban J connectivity index is 1.79. The van der Waals surface area contributed by atoms with E-state index in [-0.39, 0.29) is 23.0 Å². The van der Waals surface area contributed by atoms with Gasteiger partial charge in [0.2, 0.25) is 0 Å². The first-order chi connectivity index (χ1) is 12.2. The van der Waals surface area contributed by atoms with Gasteiger partial charge in [0.15, 0.2) is 11.6 Å². The monoisotopic (exact) mass is 356 g/mol. The SMILES string of the molecule is C[C@H]1C[C@H]2[C@@H]3CCC4=CC(=O)C=C[C@]4(C)C3=CC[C@]2(C)[C@@]1(O)C(=O)CO. The lowest BCUT2D eigenvalue weighted by molar-refractivity contribution is -0.161. The summed E-state index contributed by atoms with van der Waals surface area (Å²) in [6.45, 7) is 5.54. The predicted molar refractivity (Wildman–Crippen MR) is 98.2 cm³/mol. The van der Waals surface area contributed by atoms with Crippen LogP contribution in [-0.4, -0.2) is 34.0 Å². The second kappa shape index (κ2) is 5.49. The number of carbonyl (C=O) groups is 2. The number of aliphatic hydroxyl groups is 2. The third-order valence-electron chi connectivity index (χ3n) is 8.10. The van der Waals surface area contributed by atoms with Crippen LogP contribution in [0.5, 0.6) is 0 Å². The summed E-state index contributed by atoms with van der Waals surface area (Å²) in [5, 5.41) is 20.9. The van der Waals surface area contributed by atoms with Crippen LogP contribution in [0.15, 0.2) is 35.5 Å². The van der Waals surface area contributed by atoms with Gasteiger partial charge in [-0.3, -0.25) is 9.59 Å². The number of Topliss-reactive ketones (excluding diaryl/α,β-unsaturated/α-hetero) is 1. The number of fused-ring (bicyclic) bond motifs is 5. The highest BCUT2D eigenvalue weighted by atomic mass is 16.3. The number of ketones is 2. The summed E-state index contributed by atoms with van der Waals surface area (Å²) >= 11 is 0. The van der Waals surface area contributed by atoms with E-state index in [1.165, 1.54) is 11.1 Å². The number of aliphatic hydroxyl groups excluding tert-OH is 1. The van der Waals surface area contributed by atoms with Crippen molar-refractivity contribution in [2.75, 3.05) is 6.61 Å². The smallest absolute Gasteiger partial charge is 0.190 e. The first-order valence-corrected chi connectivity index (χ1v) is 9.70. The molecule has 4 rings (SSSR count). The predicted octanol–water partition coefficient (Wildman–Crippen LogP) is 2.75. The largest absolute Gasteiger partial charge is 0.388 e. The number of carbonyl (C=O) groups excluding carboxylic acids is 2. The van der Waals surface area contributed by atoms with E-state index >= 15 is 0 Å². The van der Waals surface area contributed by atoms with Gasteiger partial charge in [-0.05, 0) is 62.5 Å². The molecular formula is C22H28O4. The third kappa shape index (κ3) is 1.97. The molecule has 0 bridgehead atoms. The van der Waals surface area contributed by atoms with E-state index in [1.54, 1.807) is 12.2 Å². The standard InChI is InChI=1S/C22H28O4/c1-13-10-18-16-5-4-14-11-15(24)6-8-20(14,2)17(16)7-9-21(18,3)22(13,26)19(25)12-23/h6-8,11,13,16,18,23,26H,4-5,9-10,12H2,1-3H3/t13-,16+,18-,20-,21-,22-/m0/s1. The van der Waals surface area contributed by atoms with Gasteiger partial charge in [-0.15, -0.1) is 0 Å². The Kier molecular flexibility index (Phi) is 3.78. The zero-order valence-corrected chi connectivity index (χ0v) is 15.8. The summed E-state index contributed by atoms with van der Waals surface area (Å²) in [4.78, 5) is 24.3. The topological polar surface area (TPSA) is 74.6 Å². The van der Waals surface area contributed by atoms with Crippen molar-refractivity contribution in [3.63, 3.8) is 0 Å². The molecule has 0 radical (unpaired) electrons. The molecule has 2 saturated carbocycles. The molecular weight excluding hydrogens is 328 g/mol. The minimum atomic E-state index is -1.47. The number of allylic oxidation sites excluding steroid dienone is 6. The van der Waals surface area contributed by atoms with E-state index in [0.29, 0.717) is 12.3 Å². The molecule has 0 aromatic rings. The van der Waals surface area contributed by atoms with Crippen LogP contribution in [0.4, 0.5) is 0 Å². The number of hydrogen-bond donors (Lipinski definition) is 2. The Bertz CT molecular complexity index is 775. The highest BCUT2D eigenvalue weighted by Gasteiger charge is 2.66. The number of rotatable bonds is 2. The molecule has 140 valence electrons. The average Bonchev–Trinajstić information content (AvgIpc) is 2.83. The lowest BCUT2D eigenvalue weighted by atomic mass is 9.51. The van der Waals surface area contributed by atoms with Crippen molar-refractivity contribution in [1.82, 2.24) is 0 Å². The molecule has 0 aromatic heterocycles. The fourth-order valence-electron chi connectivity index (χ4n) is 6.58. The molecule has 0 amide bonds. The molecule has 4 aliphatic rings. The van der Waals surface area contributed by atoms with Gasteiger partial charge in [0.05, 0.1) is 0 Å². The molecule has 0 spiro atoms. The molecule has 4 nitrogen and oxygen atoms in total.